The molecule has 5 heteroatoms. The average molecular weight is 281 g/mol. The van der Waals surface area contributed by atoms with Gasteiger partial charge in [0.2, 0.25) is 0 Å². The maximum absolute atomic E-state index is 9.51. The van der Waals surface area contributed by atoms with Crippen molar-refractivity contribution in [2.24, 2.45) is 0 Å². The summed E-state index contributed by atoms with van der Waals surface area (Å²) in [5.74, 6) is 1.02. The Kier molecular flexibility index (Phi) is 5.64. The molecule has 0 aliphatic carbocycles. The summed E-state index contributed by atoms with van der Waals surface area (Å²) in [5.41, 5.74) is 1.14. The summed E-state index contributed by atoms with van der Waals surface area (Å²) in [6, 6.07) is 5.55. The molecule has 1 aromatic carbocycles. The first-order chi connectivity index (χ1) is 9.76. The highest BCUT2D eigenvalue weighted by molar-refractivity contribution is 5.44. The van der Waals surface area contributed by atoms with E-state index in [4.69, 9.17) is 14.2 Å². The van der Waals surface area contributed by atoms with Crippen molar-refractivity contribution in [1.29, 1.82) is 0 Å². The predicted octanol–water partition coefficient (Wildman–Crippen LogP) is 1.81. The van der Waals surface area contributed by atoms with Gasteiger partial charge in [0, 0.05) is 45.5 Å². The molecule has 0 radical (unpaired) electrons. The number of fused-ring (bicyclic) bond motifs is 1. The maximum Gasteiger partial charge on any atom is 0.127 e. The van der Waals surface area contributed by atoms with Crippen LogP contribution in [-0.2, 0) is 9.47 Å². The van der Waals surface area contributed by atoms with E-state index in [0.29, 0.717) is 13.2 Å². The van der Waals surface area contributed by atoms with Gasteiger partial charge in [-0.1, -0.05) is 0 Å². The van der Waals surface area contributed by atoms with Crippen LogP contribution in [0.15, 0.2) is 18.2 Å². The fourth-order valence-corrected chi connectivity index (χ4v) is 2.53. The number of phenolic OH excluding ortho intramolecular Hbond substituents is 1. The summed E-state index contributed by atoms with van der Waals surface area (Å²) in [7, 11) is 3.43. The lowest BCUT2D eigenvalue weighted by Crippen LogP contribution is -2.34. The van der Waals surface area contributed by atoms with Crippen LogP contribution < -0.4 is 4.74 Å². The zero-order chi connectivity index (χ0) is 14.4. The van der Waals surface area contributed by atoms with Gasteiger partial charge in [-0.2, -0.15) is 0 Å². The van der Waals surface area contributed by atoms with Gasteiger partial charge >= 0.3 is 0 Å². The number of phenols is 1. The third-order valence-corrected chi connectivity index (χ3v) is 3.57. The lowest BCUT2D eigenvalue weighted by Gasteiger charge is -2.27. The Labute approximate surface area is 120 Å². The molecule has 1 aliphatic heterocycles. The Hall–Kier alpha value is -1.30. The molecule has 0 spiro atoms. The Morgan fingerprint density at radius 3 is 2.80 bits per heavy atom. The van der Waals surface area contributed by atoms with Crippen LogP contribution in [0.5, 0.6) is 11.5 Å². The number of rotatable bonds is 8. The summed E-state index contributed by atoms with van der Waals surface area (Å²) in [4.78, 5) is 2.35. The molecule has 20 heavy (non-hydrogen) atoms. The van der Waals surface area contributed by atoms with Crippen LogP contribution in [0.4, 0.5) is 0 Å². The first-order valence-corrected chi connectivity index (χ1v) is 6.94. The van der Waals surface area contributed by atoms with Crippen molar-refractivity contribution in [3.05, 3.63) is 23.8 Å². The molecule has 0 bridgehead atoms. The molecule has 1 heterocycles. The van der Waals surface area contributed by atoms with E-state index in [1.165, 1.54) is 0 Å². The zero-order valence-electron chi connectivity index (χ0n) is 12.2. The van der Waals surface area contributed by atoms with Crippen LogP contribution in [0.3, 0.4) is 0 Å². The monoisotopic (exact) mass is 281 g/mol. The molecule has 1 atom stereocenters. The molecule has 5 nitrogen and oxygen atoms in total. The number of aromatic hydroxyl groups is 1. The molecule has 0 aromatic heterocycles. The first-order valence-electron chi connectivity index (χ1n) is 6.94. The minimum atomic E-state index is 0.220. The Morgan fingerprint density at radius 1 is 1.25 bits per heavy atom. The van der Waals surface area contributed by atoms with E-state index in [9.17, 15) is 5.11 Å². The van der Waals surface area contributed by atoms with Gasteiger partial charge in [-0.3, -0.25) is 4.90 Å². The predicted molar refractivity (Wildman–Crippen MR) is 76.3 cm³/mol. The number of hydrogen-bond donors (Lipinski definition) is 1. The summed E-state index contributed by atoms with van der Waals surface area (Å²) in [5, 5.41) is 9.51. The molecule has 1 aliphatic rings. The van der Waals surface area contributed by atoms with Gasteiger partial charge in [0.05, 0.1) is 12.6 Å². The quantitative estimate of drug-likeness (QED) is 0.737. The number of methoxy groups -OCH3 is 2. The normalized spacial score (nSPS) is 17.2. The van der Waals surface area contributed by atoms with Crippen molar-refractivity contribution in [3.63, 3.8) is 0 Å². The second kappa shape index (κ2) is 7.47. The van der Waals surface area contributed by atoms with E-state index in [1.807, 2.05) is 6.07 Å². The van der Waals surface area contributed by atoms with E-state index >= 15 is 0 Å². The smallest absolute Gasteiger partial charge is 0.127 e. The lowest BCUT2D eigenvalue weighted by molar-refractivity contribution is 0.0959. The lowest BCUT2D eigenvalue weighted by atomic mass is 10.1. The van der Waals surface area contributed by atoms with E-state index in [0.717, 1.165) is 37.4 Å². The molecule has 1 unspecified atom stereocenters. The fourth-order valence-electron chi connectivity index (χ4n) is 2.53. The van der Waals surface area contributed by atoms with Crippen molar-refractivity contribution < 1.29 is 19.3 Å². The van der Waals surface area contributed by atoms with E-state index in [-0.39, 0.29) is 11.8 Å². The van der Waals surface area contributed by atoms with Crippen LogP contribution in [-0.4, -0.2) is 57.1 Å². The van der Waals surface area contributed by atoms with Gasteiger partial charge in [0.15, 0.2) is 0 Å². The largest absolute Gasteiger partial charge is 0.508 e. The highest BCUT2D eigenvalue weighted by Gasteiger charge is 2.29. The Morgan fingerprint density at radius 2 is 2.05 bits per heavy atom. The molecule has 0 saturated carbocycles. The maximum atomic E-state index is 9.51. The Bertz CT molecular complexity index is 424. The van der Waals surface area contributed by atoms with Crippen molar-refractivity contribution in [2.45, 2.75) is 12.5 Å². The van der Waals surface area contributed by atoms with Gasteiger partial charge in [0.1, 0.15) is 18.1 Å². The molecule has 0 amide bonds. The molecule has 0 fully saturated rings. The van der Waals surface area contributed by atoms with Crippen molar-refractivity contribution in [1.82, 2.24) is 4.90 Å². The van der Waals surface area contributed by atoms with E-state index in [1.54, 1.807) is 26.4 Å². The average Bonchev–Trinajstić information content (AvgIpc) is 2.85. The highest BCUT2D eigenvalue weighted by atomic mass is 16.5. The number of nitrogens with zero attached hydrogens (tertiary/aromatic N) is 1. The van der Waals surface area contributed by atoms with Gasteiger partial charge in [-0.25, -0.2) is 0 Å². The fraction of sp³-hybridized carbons (Fsp3) is 0.600. The minimum absolute atomic E-state index is 0.220. The van der Waals surface area contributed by atoms with Crippen molar-refractivity contribution in [2.75, 3.05) is 47.1 Å². The zero-order valence-corrected chi connectivity index (χ0v) is 12.2. The molecule has 2 rings (SSSR count). The first kappa shape index (κ1) is 15.1. The van der Waals surface area contributed by atoms with Crippen molar-refractivity contribution in [3.8, 4) is 11.5 Å². The van der Waals surface area contributed by atoms with E-state index in [2.05, 4.69) is 4.90 Å². The second-order valence-electron chi connectivity index (χ2n) is 4.92. The molecule has 0 saturated heterocycles. The summed E-state index contributed by atoms with van der Waals surface area (Å²) in [6.07, 6.45) is 0.976. The van der Waals surface area contributed by atoms with Crippen LogP contribution in [0.2, 0.25) is 0 Å². The third-order valence-electron chi connectivity index (χ3n) is 3.57. The molecule has 1 N–H and O–H groups in total. The molecular weight excluding hydrogens is 258 g/mol. The standard InChI is InChI=1S/C15H23NO4/c1-18-8-3-6-16(7-9-19-2)14-11-20-15-10-12(17)4-5-13(14)15/h4-5,10,14,17H,3,6-9,11H2,1-2H3. The van der Waals surface area contributed by atoms with Crippen molar-refractivity contribution >= 4 is 0 Å². The van der Waals surface area contributed by atoms with Gasteiger partial charge < -0.3 is 19.3 Å². The number of hydrogen-bond acceptors (Lipinski definition) is 5. The minimum Gasteiger partial charge on any atom is -0.508 e. The van der Waals surface area contributed by atoms with Gasteiger partial charge in [0.25, 0.3) is 0 Å². The number of benzene rings is 1. The van der Waals surface area contributed by atoms with Crippen LogP contribution >= 0.6 is 0 Å². The van der Waals surface area contributed by atoms with Gasteiger partial charge in [-0.15, -0.1) is 0 Å². The summed E-state index contributed by atoms with van der Waals surface area (Å²) >= 11 is 0. The third kappa shape index (κ3) is 3.62. The molecule has 112 valence electrons. The summed E-state index contributed by atoms with van der Waals surface area (Å²) < 4.78 is 16.0. The van der Waals surface area contributed by atoms with Crippen LogP contribution in [0.25, 0.3) is 0 Å². The molecular formula is C15H23NO4. The SMILES string of the molecule is COCCCN(CCOC)C1COc2cc(O)ccc21. The Balaban J connectivity index is 2.06. The van der Waals surface area contributed by atoms with Crippen LogP contribution in [0.1, 0.15) is 18.0 Å². The topological polar surface area (TPSA) is 51.2 Å². The number of ether oxygens (including phenoxy) is 3. The van der Waals surface area contributed by atoms with Crippen LogP contribution in [0, 0.1) is 0 Å². The van der Waals surface area contributed by atoms with Gasteiger partial charge in [-0.05, 0) is 18.6 Å². The second-order valence-corrected chi connectivity index (χ2v) is 4.92. The summed E-state index contributed by atoms with van der Waals surface area (Å²) in [6.45, 7) is 3.85. The highest BCUT2D eigenvalue weighted by Crippen LogP contribution is 2.38. The molecule has 1 aromatic rings. The van der Waals surface area contributed by atoms with E-state index < -0.39 is 0 Å².